The van der Waals surface area contributed by atoms with Crippen LogP contribution in [-0.4, -0.2) is 40.6 Å². The lowest BCUT2D eigenvalue weighted by molar-refractivity contribution is -0.119. The predicted octanol–water partition coefficient (Wildman–Crippen LogP) is 3.10. The molecule has 0 bridgehead atoms. The summed E-state index contributed by atoms with van der Waals surface area (Å²) in [4.78, 5) is 28.7. The van der Waals surface area contributed by atoms with Crippen molar-refractivity contribution in [1.82, 2.24) is 20.0 Å². The van der Waals surface area contributed by atoms with E-state index in [-0.39, 0.29) is 19.0 Å². The minimum Gasteiger partial charge on any atom is -0.442 e. The van der Waals surface area contributed by atoms with Crippen LogP contribution in [0.1, 0.15) is 18.3 Å². The number of hydrogen-bond donors (Lipinski definition) is 2. The summed E-state index contributed by atoms with van der Waals surface area (Å²) >= 11 is 1.32. The highest BCUT2D eigenvalue weighted by Gasteiger charge is 2.32. The van der Waals surface area contributed by atoms with Gasteiger partial charge >= 0.3 is 6.09 Å². The number of aromatic nitrogens is 2. The first-order chi connectivity index (χ1) is 15.5. The number of anilines is 1. The lowest BCUT2D eigenvalue weighted by Crippen LogP contribution is -2.33. The SMILES string of the molecule is CC(=O)NC[C@H]1CN(c2ccc(-c3ccc(CNCc4ncsn4)cc3)c(F)c2)C(=O)O1. The zero-order valence-electron chi connectivity index (χ0n) is 17.4. The molecule has 3 aromatic rings. The van der Waals surface area contributed by atoms with E-state index in [4.69, 9.17) is 4.74 Å². The van der Waals surface area contributed by atoms with Crippen LogP contribution >= 0.6 is 11.5 Å². The minimum absolute atomic E-state index is 0.201. The molecule has 8 nitrogen and oxygen atoms in total. The average Bonchev–Trinajstić information content (AvgIpc) is 3.42. The second kappa shape index (κ2) is 9.84. The molecule has 1 aliphatic heterocycles. The lowest BCUT2D eigenvalue weighted by Gasteiger charge is -2.15. The summed E-state index contributed by atoms with van der Waals surface area (Å²) in [6, 6.07) is 12.3. The Labute approximate surface area is 188 Å². The highest BCUT2D eigenvalue weighted by atomic mass is 32.1. The fraction of sp³-hybridized carbons (Fsp3) is 0.273. The van der Waals surface area contributed by atoms with Crippen molar-refractivity contribution in [2.75, 3.05) is 18.0 Å². The molecule has 2 heterocycles. The second-order valence-corrected chi connectivity index (χ2v) is 7.97. The number of benzene rings is 2. The standard InChI is InChI=1S/C22H22FN5O3S/c1-14(29)25-10-18-12-28(22(30)31-18)17-6-7-19(20(23)8-17)16-4-2-15(3-5-16)9-24-11-21-26-13-32-27-21/h2-8,13,18,24H,9-12H2,1H3,(H,25,29)/t18-/m0/s1. The molecule has 0 unspecified atom stereocenters. The molecule has 1 aliphatic rings. The van der Waals surface area contributed by atoms with Gasteiger partial charge in [0.25, 0.3) is 0 Å². The molecule has 2 N–H and O–H groups in total. The van der Waals surface area contributed by atoms with Gasteiger partial charge < -0.3 is 15.4 Å². The number of cyclic esters (lactones) is 1. The number of nitrogens with one attached hydrogen (secondary N) is 2. The Balaban J connectivity index is 1.38. The Morgan fingerprint density at radius 3 is 2.75 bits per heavy atom. The molecule has 1 fully saturated rings. The molecule has 2 amide bonds. The fourth-order valence-electron chi connectivity index (χ4n) is 3.39. The molecule has 2 aromatic carbocycles. The van der Waals surface area contributed by atoms with E-state index in [9.17, 15) is 14.0 Å². The van der Waals surface area contributed by atoms with Crippen LogP contribution in [-0.2, 0) is 22.6 Å². The zero-order chi connectivity index (χ0) is 22.5. The fourth-order valence-corrected chi connectivity index (χ4v) is 3.84. The van der Waals surface area contributed by atoms with E-state index in [1.165, 1.54) is 29.4 Å². The van der Waals surface area contributed by atoms with Gasteiger partial charge in [-0.25, -0.2) is 14.2 Å². The molecule has 166 valence electrons. The maximum absolute atomic E-state index is 14.9. The summed E-state index contributed by atoms with van der Waals surface area (Å²) < 4.78 is 24.3. The largest absolute Gasteiger partial charge is 0.442 e. The monoisotopic (exact) mass is 455 g/mol. The summed E-state index contributed by atoms with van der Waals surface area (Å²) in [5.74, 6) is 0.131. The predicted molar refractivity (Wildman–Crippen MR) is 119 cm³/mol. The van der Waals surface area contributed by atoms with Crippen molar-refractivity contribution in [3.8, 4) is 11.1 Å². The number of halogens is 1. The third-order valence-electron chi connectivity index (χ3n) is 5.00. The number of rotatable bonds is 8. The van der Waals surface area contributed by atoms with Crippen molar-refractivity contribution in [3.05, 3.63) is 65.2 Å². The summed E-state index contributed by atoms with van der Waals surface area (Å²) in [7, 11) is 0. The van der Waals surface area contributed by atoms with Crippen molar-refractivity contribution in [3.63, 3.8) is 0 Å². The van der Waals surface area contributed by atoms with Gasteiger partial charge in [0.1, 0.15) is 17.4 Å². The van der Waals surface area contributed by atoms with Crippen LogP contribution in [0.2, 0.25) is 0 Å². The molecule has 32 heavy (non-hydrogen) atoms. The molecule has 4 rings (SSSR count). The minimum atomic E-state index is -0.558. The topological polar surface area (TPSA) is 96.5 Å². The first-order valence-electron chi connectivity index (χ1n) is 10.1. The zero-order valence-corrected chi connectivity index (χ0v) is 18.2. The molecule has 1 atom stereocenters. The average molecular weight is 456 g/mol. The summed E-state index contributed by atoms with van der Waals surface area (Å²) in [5, 5.41) is 5.89. The molecule has 1 saturated heterocycles. The smallest absolute Gasteiger partial charge is 0.414 e. The van der Waals surface area contributed by atoms with E-state index in [2.05, 4.69) is 20.0 Å². The Morgan fingerprint density at radius 2 is 2.06 bits per heavy atom. The van der Waals surface area contributed by atoms with E-state index in [1.54, 1.807) is 17.6 Å². The van der Waals surface area contributed by atoms with Crippen molar-refractivity contribution in [2.45, 2.75) is 26.1 Å². The van der Waals surface area contributed by atoms with Gasteiger partial charge in [0, 0.05) is 19.0 Å². The molecule has 1 aromatic heterocycles. The van der Waals surface area contributed by atoms with E-state index < -0.39 is 18.0 Å². The molecule has 0 saturated carbocycles. The van der Waals surface area contributed by atoms with Gasteiger partial charge in [0.2, 0.25) is 5.91 Å². The van der Waals surface area contributed by atoms with Gasteiger partial charge in [-0.15, -0.1) is 0 Å². The highest BCUT2D eigenvalue weighted by molar-refractivity contribution is 7.03. The third-order valence-corrected chi connectivity index (χ3v) is 5.52. The van der Waals surface area contributed by atoms with Crippen LogP contribution < -0.4 is 15.5 Å². The van der Waals surface area contributed by atoms with Crippen molar-refractivity contribution < 1.29 is 18.7 Å². The van der Waals surface area contributed by atoms with Crippen LogP contribution in [0.25, 0.3) is 11.1 Å². The Kier molecular flexibility index (Phi) is 6.72. The van der Waals surface area contributed by atoms with Gasteiger partial charge in [0.05, 0.1) is 25.3 Å². The van der Waals surface area contributed by atoms with Crippen LogP contribution in [0.3, 0.4) is 0 Å². The molecule has 10 heteroatoms. The van der Waals surface area contributed by atoms with Crippen LogP contribution in [0.5, 0.6) is 0 Å². The van der Waals surface area contributed by atoms with Crippen molar-refractivity contribution in [2.24, 2.45) is 0 Å². The van der Waals surface area contributed by atoms with E-state index in [0.717, 1.165) is 17.0 Å². The van der Waals surface area contributed by atoms with E-state index in [0.29, 0.717) is 24.3 Å². The highest BCUT2D eigenvalue weighted by Crippen LogP contribution is 2.29. The van der Waals surface area contributed by atoms with Gasteiger partial charge in [-0.2, -0.15) is 4.37 Å². The van der Waals surface area contributed by atoms with Crippen molar-refractivity contribution >= 4 is 29.2 Å². The van der Waals surface area contributed by atoms with Crippen LogP contribution in [0, 0.1) is 5.82 Å². The number of hydrogen-bond acceptors (Lipinski definition) is 7. The van der Waals surface area contributed by atoms with Gasteiger partial charge in [-0.05, 0) is 40.9 Å². The van der Waals surface area contributed by atoms with E-state index >= 15 is 0 Å². The summed E-state index contributed by atoms with van der Waals surface area (Å²) in [5.41, 5.74) is 4.36. The number of carbonyl (C=O) groups excluding carboxylic acids is 2. The molecular formula is C22H22FN5O3S. The Hall–Kier alpha value is -3.37. The number of nitrogens with zero attached hydrogens (tertiary/aromatic N) is 3. The summed E-state index contributed by atoms with van der Waals surface area (Å²) in [6.45, 7) is 3.10. The second-order valence-electron chi connectivity index (χ2n) is 7.37. The van der Waals surface area contributed by atoms with Gasteiger partial charge in [-0.1, -0.05) is 24.3 Å². The van der Waals surface area contributed by atoms with Crippen molar-refractivity contribution in [1.29, 1.82) is 0 Å². The Morgan fingerprint density at radius 1 is 1.25 bits per heavy atom. The molecular weight excluding hydrogens is 433 g/mol. The maximum atomic E-state index is 14.9. The van der Waals surface area contributed by atoms with Crippen LogP contribution in [0.15, 0.2) is 48.0 Å². The molecule has 0 aliphatic carbocycles. The maximum Gasteiger partial charge on any atom is 0.414 e. The first kappa shape index (κ1) is 21.8. The van der Waals surface area contributed by atoms with E-state index in [1.807, 2.05) is 24.3 Å². The normalized spacial score (nSPS) is 15.6. The Bertz CT molecular complexity index is 1090. The van der Waals surface area contributed by atoms with Gasteiger partial charge in [0.15, 0.2) is 5.82 Å². The third kappa shape index (κ3) is 5.27. The molecule has 0 radical (unpaired) electrons. The molecule has 0 spiro atoms. The lowest BCUT2D eigenvalue weighted by atomic mass is 10.0. The number of ether oxygens (including phenoxy) is 1. The quantitative estimate of drug-likeness (QED) is 0.542. The van der Waals surface area contributed by atoms with Gasteiger partial charge in [-0.3, -0.25) is 9.69 Å². The number of amides is 2. The first-order valence-corrected chi connectivity index (χ1v) is 10.9. The van der Waals surface area contributed by atoms with Crippen LogP contribution in [0.4, 0.5) is 14.9 Å². The summed E-state index contributed by atoms with van der Waals surface area (Å²) in [6.07, 6.45) is -1.03. The number of carbonyl (C=O) groups is 2.